The lowest BCUT2D eigenvalue weighted by molar-refractivity contribution is -0.113. The summed E-state index contributed by atoms with van der Waals surface area (Å²) in [5.41, 5.74) is 7.17. The number of carbonyl (C=O) groups excluding carboxylic acids is 1. The number of fused-ring (bicyclic) bond motifs is 1. The first-order chi connectivity index (χ1) is 9.86. The zero-order chi connectivity index (χ0) is 15.6. The topological polar surface area (TPSA) is 85.1 Å². The fraction of sp³-hybridized carbons (Fsp3) is 0.429. The maximum Gasteiger partial charge on any atom is 0.238 e. The van der Waals surface area contributed by atoms with Gasteiger partial charge in [0.1, 0.15) is 5.75 Å². The summed E-state index contributed by atoms with van der Waals surface area (Å²) in [6.07, 6.45) is 0. The molecular formula is C14H19N3O2S2. The van der Waals surface area contributed by atoms with Crippen molar-refractivity contribution in [1.29, 1.82) is 0 Å². The van der Waals surface area contributed by atoms with Crippen LogP contribution in [0.4, 0.5) is 10.8 Å². The van der Waals surface area contributed by atoms with Gasteiger partial charge in [0.25, 0.3) is 0 Å². The standard InChI is InChI=1S/C14H19N3O2S2/c1-8(2)9(3)21(19)7-13(18)17-14-16-11-5-4-10(15)6-12(11)20-14/h4-6,8-9H,7,15H2,1-3H3,(H,16,17,18). The summed E-state index contributed by atoms with van der Waals surface area (Å²) in [5, 5.41) is 3.21. The fourth-order valence-electron chi connectivity index (χ4n) is 1.71. The number of nitrogens with zero attached hydrogens (tertiary/aromatic N) is 1. The van der Waals surface area contributed by atoms with E-state index in [9.17, 15) is 9.00 Å². The SMILES string of the molecule is CC(C)C(C)S(=O)CC(=O)Nc1nc2ccc(N)cc2s1. The van der Waals surface area contributed by atoms with Gasteiger partial charge in [-0.2, -0.15) is 0 Å². The van der Waals surface area contributed by atoms with Crippen LogP contribution < -0.4 is 11.1 Å². The highest BCUT2D eigenvalue weighted by Crippen LogP contribution is 2.27. The summed E-state index contributed by atoms with van der Waals surface area (Å²) >= 11 is 1.36. The Bertz CT molecular complexity index is 682. The van der Waals surface area contributed by atoms with E-state index in [-0.39, 0.29) is 22.8 Å². The molecule has 5 nitrogen and oxygen atoms in total. The largest absolute Gasteiger partial charge is 0.399 e. The predicted molar refractivity (Wildman–Crippen MR) is 90.0 cm³/mol. The number of nitrogens with one attached hydrogen (secondary N) is 1. The molecule has 0 aliphatic carbocycles. The van der Waals surface area contributed by atoms with Crippen molar-refractivity contribution in [3.05, 3.63) is 18.2 Å². The molecular weight excluding hydrogens is 306 g/mol. The van der Waals surface area contributed by atoms with E-state index in [1.54, 1.807) is 6.07 Å². The highest BCUT2D eigenvalue weighted by atomic mass is 32.2. The van der Waals surface area contributed by atoms with Gasteiger partial charge >= 0.3 is 0 Å². The number of anilines is 2. The molecule has 3 N–H and O–H groups in total. The molecule has 114 valence electrons. The van der Waals surface area contributed by atoms with Crippen LogP contribution in [0, 0.1) is 5.92 Å². The molecule has 0 aliphatic rings. The van der Waals surface area contributed by atoms with E-state index in [4.69, 9.17) is 5.73 Å². The number of aromatic nitrogens is 1. The molecule has 1 heterocycles. The number of amides is 1. The third-order valence-corrected chi connectivity index (χ3v) is 6.14. The number of thiazole rings is 1. The molecule has 1 aromatic heterocycles. The monoisotopic (exact) mass is 325 g/mol. The van der Waals surface area contributed by atoms with Gasteiger partial charge in [0.05, 0.1) is 10.2 Å². The van der Waals surface area contributed by atoms with E-state index in [1.165, 1.54) is 11.3 Å². The van der Waals surface area contributed by atoms with E-state index < -0.39 is 10.8 Å². The number of hydrogen-bond acceptors (Lipinski definition) is 5. The molecule has 0 fully saturated rings. The summed E-state index contributed by atoms with van der Waals surface area (Å²) in [7, 11) is -1.18. The first-order valence-electron chi connectivity index (χ1n) is 6.70. The van der Waals surface area contributed by atoms with E-state index in [2.05, 4.69) is 10.3 Å². The van der Waals surface area contributed by atoms with E-state index in [0.29, 0.717) is 10.8 Å². The van der Waals surface area contributed by atoms with Crippen LogP contribution in [0.1, 0.15) is 20.8 Å². The van der Waals surface area contributed by atoms with Gasteiger partial charge in [0.2, 0.25) is 5.91 Å². The lowest BCUT2D eigenvalue weighted by atomic mass is 10.2. The average Bonchev–Trinajstić information content (AvgIpc) is 2.78. The van der Waals surface area contributed by atoms with Crippen molar-refractivity contribution in [3.63, 3.8) is 0 Å². The third kappa shape index (κ3) is 4.01. The Hall–Kier alpha value is -1.47. The Morgan fingerprint density at radius 2 is 2.14 bits per heavy atom. The molecule has 7 heteroatoms. The normalized spacial score (nSPS) is 14.3. The van der Waals surface area contributed by atoms with E-state index in [1.807, 2.05) is 32.9 Å². The van der Waals surface area contributed by atoms with Crippen molar-refractivity contribution < 1.29 is 9.00 Å². The van der Waals surface area contributed by atoms with Gasteiger partial charge in [-0.15, -0.1) is 0 Å². The smallest absolute Gasteiger partial charge is 0.238 e. The van der Waals surface area contributed by atoms with Gasteiger partial charge < -0.3 is 11.1 Å². The van der Waals surface area contributed by atoms with Crippen LogP contribution in [0.3, 0.4) is 0 Å². The minimum Gasteiger partial charge on any atom is -0.399 e. The number of hydrogen-bond donors (Lipinski definition) is 2. The maximum atomic E-state index is 12.0. The summed E-state index contributed by atoms with van der Waals surface area (Å²) in [5.74, 6) is 0.00847. The van der Waals surface area contributed by atoms with Crippen molar-refractivity contribution in [2.75, 3.05) is 16.8 Å². The molecule has 2 unspecified atom stereocenters. The first-order valence-corrected chi connectivity index (χ1v) is 8.89. The molecule has 2 rings (SSSR count). The number of rotatable bonds is 5. The van der Waals surface area contributed by atoms with Crippen LogP contribution in [-0.2, 0) is 15.6 Å². The lowest BCUT2D eigenvalue weighted by Gasteiger charge is -2.14. The second-order valence-corrected chi connectivity index (χ2v) is 8.09. The van der Waals surface area contributed by atoms with Crippen LogP contribution in [0.5, 0.6) is 0 Å². The average molecular weight is 325 g/mol. The van der Waals surface area contributed by atoms with E-state index in [0.717, 1.165) is 10.2 Å². The minimum absolute atomic E-state index is 0.00257. The Kier molecular flexibility index (Phi) is 4.95. The molecule has 0 aliphatic heterocycles. The molecule has 0 bridgehead atoms. The van der Waals surface area contributed by atoms with Crippen molar-refractivity contribution >= 4 is 49.1 Å². The third-order valence-electron chi connectivity index (χ3n) is 3.29. The number of benzene rings is 1. The van der Waals surface area contributed by atoms with Crippen LogP contribution >= 0.6 is 11.3 Å². The Morgan fingerprint density at radius 1 is 1.43 bits per heavy atom. The molecule has 0 radical (unpaired) electrons. The summed E-state index contributed by atoms with van der Waals surface area (Å²) in [6, 6.07) is 5.41. The molecule has 0 saturated heterocycles. The number of nitrogen functional groups attached to an aromatic ring is 1. The van der Waals surface area contributed by atoms with Gasteiger partial charge in [0.15, 0.2) is 5.13 Å². The quantitative estimate of drug-likeness (QED) is 0.828. The summed E-state index contributed by atoms with van der Waals surface area (Å²) in [6.45, 7) is 5.89. The molecule has 21 heavy (non-hydrogen) atoms. The Morgan fingerprint density at radius 3 is 2.81 bits per heavy atom. The highest BCUT2D eigenvalue weighted by Gasteiger charge is 2.18. The first kappa shape index (κ1) is 15.9. The van der Waals surface area contributed by atoms with Crippen LogP contribution in [0.25, 0.3) is 10.2 Å². The second kappa shape index (κ2) is 6.53. The van der Waals surface area contributed by atoms with Crippen LogP contribution in [-0.4, -0.2) is 26.1 Å². The van der Waals surface area contributed by atoms with Gasteiger partial charge in [-0.3, -0.25) is 9.00 Å². The van der Waals surface area contributed by atoms with Crippen molar-refractivity contribution in [2.45, 2.75) is 26.0 Å². The maximum absolute atomic E-state index is 12.0. The number of carbonyl (C=O) groups is 1. The second-order valence-electron chi connectivity index (χ2n) is 5.27. The van der Waals surface area contributed by atoms with Crippen molar-refractivity contribution in [2.24, 2.45) is 5.92 Å². The molecule has 2 aromatic rings. The highest BCUT2D eigenvalue weighted by molar-refractivity contribution is 7.86. The minimum atomic E-state index is -1.18. The summed E-state index contributed by atoms with van der Waals surface area (Å²) < 4.78 is 12.9. The molecule has 0 spiro atoms. The van der Waals surface area contributed by atoms with Crippen molar-refractivity contribution in [1.82, 2.24) is 4.98 Å². The lowest BCUT2D eigenvalue weighted by Crippen LogP contribution is -2.27. The zero-order valence-electron chi connectivity index (χ0n) is 12.3. The van der Waals surface area contributed by atoms with E-state index >= 15 is 0 Å². The summed E-state index contributed by atoms with van der Waals surface area (Å²) in [4.78, 5) is 16.2. The molecule has 1 aromatic carbocycles. The molecule has 0 saturated carbocycles. The van der Waals surface area contributed by atoms with Crippen LogP contribution in [0.15, 0.2) is 18.2 Å². The zero-order valence-corrected chi connectivity index (χ0v) is 13.9. The van der Waals surface area contributed by atoms with Gasteiger partial charge in [-0.05, 0) is 24.1 Å². The Labute approximate surface area is 130 Å². The van der Waals surface area contributed by atoms with Gasteiger partial charge in [-0.25, -0.2) is 4.98 Å². The molecule has 2 atom stereocenters. The number of nitrogens with two attached hydrogens (primary N) is 1. The fourth-order valence-corrected chi connectivity index (χ4v) is 3.85. The predicted octanol–water partition coefficient (Wildman–Crippen LogP) is 2.61. The molecule has 1 amide bonds. The Balaban J connectivity index is 2.03. The van der Waals surface area contributed by atoms with Gasteiger partial charge in [-0.1, -0.05) is 32.1 Å². The van der Waals surface area contributed by atoms with Gasteiger partial charge in [0, 0.05) is 21.7 Å². The van der Waals surface area contributed by atoms with Crippen LogP contribution in [0.2, 0.25) is 0 Å². The van der Waals surface area contributed by atoms with Crippen molar-refractivity contribution in [3.8, 4) is 0 Å².